The molecule has 11 heteroatoms. The lowest BCUT2D eigenvalue weighted by atomic mass is 10.2. The summed E-state index contributed by atoms with van der Waals surface area (Å²) < 4.78 is 44.5. The summed E-state index contributed by atoms with van der Waals surface area (Å²) in [4.78, 5) is 24.3. The van der Waals surface area contributed by atoms with Crippen molar-refractivity contribution in [3.05, 3.63) is 23.9 Å². The van der Waals surface area contributed by atoms with Crippen molar-refractivity contribution >= 4 is 17.7 Å². The van der Waals surface area contributed by atoms with Gasteiger partial charge in [-0.15, -0.1) is 0 Å². The van der Waals surface area contributed by atoms with Gasteiger partial charge in [0.1, 0.15) is 11.9 Å². The van der Waals surface area contributed by atoms with Gasteiger partial charge in [0.2, 0.25) is 0 Å². The van der Waals surface area contributed by atoms with Gasteiger partial charge in [-0.25, -0.2) is 4.98 Å². The molecule has 3 heterocycles. The molecule has 2 fully saturated rings. The Labute approximate surface area is 173 Å². The monoisotopic (exact) mass is 428 g/mol. The third-order valence-corrected chi connectivity index (χ3v) is 5.12. The van der Waals surface area contributed by atoms with E-state index in [1.165, 1.54) is 12.3 Å². The Morgan fingerprint density at radius 1 is 1.27 bits per heavy atom. The summed E-state index contributed by atoms with van der Waals surface area (Å²) in [7, 11) is 1.65. The van der Waals surface area contributed by atoms with Gasteiger partial charge in [-0.1, -0.05) is 0 Å². The number of carbonyl (C=O) groups excluding carboxylic acids is 1. The van der Waals surface area contributed by atoms with E-state index in [1.807, 2.05) is 9.80 Å². The van der Waals surface area contributed by atoms with Crippen LogP contribution >= 0.6 is 0 Å². The molecular weight excluding hydrogens is 401 g/mol. The SMILES string of the molecule is CN=C(NCCNc1ncccc1C(F)(F)F)N1CCN(C(=O)C2CCCO2)CC1. The molecule has 0 saturated carbocycles. The number of ether oxygens (including phenoxy) is 1. The highest BCUT2D eigenvalue weighted by molar-refractivity contribution is 5.82. The van der Waals surface area contributed by atoms with Crippen molar-refractivity contribution in [3.63, 3.8) is 0 Å². The third kappa shape index (κ3) is 5.53. The van der Waals surface area contributed by atoms with Gasteiger partial charge >= 0.3 is 6.18 Å². The molecular formula is C19H27F3N6O2. The zero-order valence-corrected chi connectivity index (χ0v) is 16.9. The van der Waals surface area contributed by atoms with Crippen LogP contribution in [0, 0.1) is 0 Å². The van der Waals surface area contributed by atoms with E-state index >= 15 is 0 Å². The van der Waals surface area contributed by atoms with Crippen LogP contribution in [-0.2, 0) is 15.7 Å². The fraction of sp³-hybridized carbons (Fsp3) is 0.632. The number of aromatic nitrogens is 1. The molecule has 2 N–H and O–H groups in total. The van der Waals surface area contributed by atoms with Gasteiger partial charge < -0.3 is 25.2 Å². The third-order valence-electron chi connectivity index (χ3n) is 5.12. The maximum absolute atomic E-state index is 13.0. The molecule has 1 aromatic heterocycles. The van der Waals surface area contributed by atoms with Crippen LogP contribution in [0.2, 0.25) is 0 Å². The van der Waals surface area contributed by atoms with Crippen molar-refractivity contribution in [2.45, 2.75) is 25.1 Å². The second-order valence-corrected chi connectivity index (χ2v) is 7.11. The number of aliphatic imine (C=N–C) groups is 1. The second kappa shape index (κ2) is 9.96. The summed E-state index contributed by atoms with van der Waals surface area (Å²) in [5.74, 6) is 0.510. The highest BCUT2D eigenvalue weighted by Crippen LogP contribution is 2.33. The van der Waals surface area contributed by atoms with Gasteiger partial charge in [0.15, 0.2) is 5.96 Å². The number of rotatable bonds is 5. The molecule has 0 aromatic carbocycles. The number of hydrogen-bond donors (Lipinski definition) is 2. The van der Waals surface area contributed by atoms with Gasteiger partial charge in [-0.3, -0.25) is 9.79 Å². The smallest absolute Gasteiger partial charge is 0.368 e. The van der Waals surface area contributed by atoms with Crippen LogP contribution in [0.1, 0.15) is 18.4 Å². The van der Waals surface area contributed by atoms with Crippen LogP contribution < -0.4 is 10.6 Å². The molecule has 2 aliphatic rings. The topological polar surface area (TPSA) is 82.1 Å². The summed E-state index contributed by atoms with van der Waals surface area (Å²) in [5, 5.41) is 5.86. The molecule has 8 nitrogen and oxygen atoms in total. The number of nitrogens with zero attached hydrogens (tertiary/aromatic N) is 4. The van der Waals surface area contributed by atoms with E-state index in [2.05, 4.69) is 20.6 Å². The highest BCUT2D eigenvalue weighted by atomic mass is 19.4. The number of guanidine groups is 1. The van der Waals surface area contributed by atoms with Gasteiger partial charge in [0.05, 0.1) is 5.56 Å². The molecule has 0 bridgehead atoms. The quantitative estimate of drug-likeness (QED) is 0.419. The maximum atomic E-state index is 13.0. The van der Waals surface area contributed by atoms with Crippen LogP contribution in [0.4, 0.5) is 19.0 Å². The predicted molar refractivity (Wildman–Crippen MR) is 106 cm³/mol. The first kappa shape index (κ1) is 22.1. The number of carbonyl (C=O) groups is 1. The van der Waals surface area contributed by atoms with E-state index in [4.69, 9.17) is 4.74 Å². The number of piperazine rings is 1. The minimum absolute atomic E-state index is 0.0510. The van der Waals surface area contributed by atoms with Crippen molar-refractivity contribution in [1.29, 1.82) is 0 Å². The number of hydrogen-bond acceptors (Lipinski definition) is 5. The van der Waals surface area contributed by atoms with Crippen LogP contribution in [-0.4, -0.2) is 85.7 Å². The average molecular weight is 428 g/mol. The Morgan fingerprint density at radius 2 is 2.00 bits per heavy atom. The zero-order valence-electron chi connectivity index (χ0n) is 16.9. The molecule has 0 radical (unpaired) electrons. The largest absolute Gasteiger partial charge is 0.419 e. The summed E-state index contributed by atoms with van der Waals surface area (Å²) in [6.07, 6.45) is -1.75. The molecule has 2 aliphatic heterocycles. The van der Waals surface area contributed by atoms with Gasteiger partial charge in [0.25, 0.3) is 5.91 Å². The van der Waals surface area contributed by atoms with Gasteiger partial charge in [-0.2, -0.15) is 13.2 Å². The van der Waals surface area contributed by atoms with Crippen molar-refractivity contribution in [2.75, 3.05) is 58.2 Å². The molecule has 166 valence electrons. The van der Waals surface area contributed by atoms with Crippen LogP contribution in [0.15, 0.2) is 23.3 Å². The van der Waals surface area contributed by atoms with Gasteiger partial charge in [-0.05, 0) is 25.0 Å². The molecule has 0 spiro atoms. The van der Waals surface area contributed by atoms with Crippen molar-refractivity contribution in [2.24, 2.45) is 4.99 Å². The maximum Gasteiger partial charge on any atom is 0.419 e. The molecule has 1 atom stereocenters. The van der Waals surface area contributed by atoms with E-state index < -0.39 is 11.7 Å². The van der Waals surface area contributed by atoms with Crippen LogP contribution in [0.25, 0.3) is 0 Å². The molecule has 30 heavy (non-hydrogen) atoms. The zero-order chi connectivity index (χ0) is 21.6. The Balaban J connectivity index is 1.43. The van der Waals surface area contributed by atoms with Crippen LogP contribution in [0.3, 0.4) is 0 Å². The van der Waals surface area contributed by atoms with Crippen molar-refractivity contribution in [1.82, 2.24) is 20.1 Å². The van der Waals surface area contributed by atoms with E-state index in [1.54, 1.807) is 7.05 Å². The van der Waals surface area contributed by atoms with Crippen molar-refractivity contribution < 1.29 is 22.7 Å². The predicted octanol–water partition coefficient (Wildman–Crippen LogP) is 1.41. The normalized spacial score (nSPS) is 20.4. The van der Waals surface area contributed by atoms with E-state index in [-0.39, 0.29) is 24.4 Å². The molecule has 1 amide bonds. The molecule has 1 unspecified atom stereocenters. The second-order valence-electron chi connectivity index (χ2n) is 7.11. The number of alkyl halides is 3. The van der Waals surface area contributed by atoms with Gasteiger partial charge in [0, 0.05) is 59.1 Å². The summed E-state index contributed by atoms with van der Waals surface area (Å²) in [6.45, 7) is 3.69. The molecule has 3 rings (SSSR count). The summed E-state index contributed by atoms with van der Waals surface area (Å²) in [6, 6.07) is 2.26. The number of nitrogens with one attached hydrogen (secondary N) is 2. The first-order chi connectivity index (χ1) is 14.4. The highest BCUT2D eigenvalue weighted by Gasteiger charge is 2.34. The van der Waals surface area contributed by atoms with E-state index in [0.29, 0.717) is 45.3 Å². The molecule has 0 aliphatic carbocycles. The molecule has 1 aromatic rings. The number of halogens is 3. The average Bonchev–Trinajstić information content (AvgIpc) is 3.28. The fourth-order valence-electron chi connectivity index (χ4n) is 3.58. The first-order valence-electron chi connectivity index (χ1n) is 10.0. The Bertz CT molecular complexity index is 744. The Hall–Kier alpha value is -2.56. The summed E-state index contributed by atoms with van der Waals surface area (Å²) >= 11 is 0. The number of pyridine rings is 1. The minimum Gasteiger partial charge on any atom is -0.368 e. The van der Waals surface area contributed by atoms with Crippen molar-refractivity contribution in [3.8, 4) is 0 Å². The Morgan fingerprint density at radius 3 is 2.63 bits per heavy atom. The Kier molecular flexibility index (Phi) is 7.35. The molecule has 2 saturated heterocycles. The number of amides is 1. The summed E-state index contributed by atoms with van der Waals surface area (Å²) in [5.41, 5.74) is -0.790. The lowest BCUT2D eigenvalue weighted by molar-refractivity contribution is -0.142. The van der Waals surface area contributed by atoms with E-state index in [9.17, 15) is 18.0 Å². The lowest BCUT2D eigenvalue weighted by Crippen LogP contribution is -2.55. The number of anilines is 1. The van der Waals surface area contributed by atoms with E-state index in [0.717, 1.165) is 18.9 Å². The van der Waals surface area contributed by atoms with Crippen LogP contribution in [0.5, 0.6) is 0 Å². The standard InChI is InChI=1S/C19H27F3N6O2/c1-23-18(26-8-7-25-16-14(19(20,21)22)4-2-6-24-16)28-11-9-27(10-12-28)17(29)15-5-3-13-30-15/h2,4,6,15H,3,5,7-13H2,1H3,(H,23,26)(H,24,25). The lowest BCUT2D eigenvalue weighted by Gasteiger charge is -2.37. The fourth-order valence-corrected chi connectivity index (χ4v) is 3.58. The first-order valence-corrected chi connectivity index (χ1v) is 10.0. The minimum atomic E-state index is -4.46.